The van der Waals surface area contributed by atoms with Crippen LogP contribution in [0.3, 0.4) is 0 Å². The summed E-state index contributed by atoms with van der Waals surface area (Å²) in [6.45, 7) is 1.69. The average molecular weight is 1360 g/mol. The van der Waals surface area contributed by atoms with Gasteiger partial charge in [-0.05, 0) is 64.2 Å². The normalized spacial score (nSPS) is 27.4. The molecule has 0 aromatic rings. The number of ether oxygens (including phenoxy) is 6. The molecule has 3 aliphatic rings. The smallest absolute Gasteiger partial charge is 0.220 e. The van der Waals surface area contributed by atoms with Crippen LogP contribution < -0.4 is 5.32 Å². The Morgan fingerprint density at radius 2 is 0.719 bits per heavy atom. The Balaban J connectivity index is 1.40. The van der Waals surface area contributed by atoms with E-state index in [2.05, 4.69) is 92.1 Å². The summed E-state index contributed by atoms with van der Waals surface area (Å²) in [6.07, 6.45) is 46.9. The van der Waals surface area contributed by atoms with Crippen molar-refractivity contribution in [1.82, 2.24) is 5.32 Å². The molecule has 0 aliphatic carbocycles. The van der Waals surface area contributed by atoms with E-state index >= 15 is 0 Å². The van der Waals surface area contributed by atoms with Crippen LogP contribution in [0.4, 0.5) is 0 Å². The highest BCUT2D eigenvalue weighted by Gasteiger charge is 2.53. The van der Waals surface area contributed by atoms with Gasteiger partial charge in [-0.1, -0.05) is 279 Å². The standard InChI is InChI=1S/C77H137NO18/c1-3-5-7-9-11-13-15-17-19-21-23-25-27-28-29-30-31-33-34-36-38-40-42-44-46-48-50-52-54-61(82)60(78-65(83)55-53-51-49-47-45-43-41-39-37-35-32-26-24-22-20-18-16-14-12-10-8-6-4-2)59-91-75-71(89)68(86)73(63(57-80)93-75)96-77-72(90)69(87)74(64(58-81)94-77)95-76-70(88)67(85)66(84)62(56-79)92-76/h6,8,12,14,18,20,24,26,35,37,41,43,60-64,66-77,79-82,84-90H,3-5,7,9-11,13,15-17,19,21-23,25,27-34,36,38-40,42,44-59H2,1-2H3,(H,78,83)/b8-6-,14-12-,20-18-,26-24-,37-35-,43-41-. The first-order valence-corrected chi connectivity index (χ1v) is 38.2. The minimum absolute atomic E-state index is 0.233. The second-order valence-electron chi connectivity index (χ2n) is 27.1. The highest BCUT2D eigenvalue weighted by atomic mass is 16.8. The third-order valence-corrected chi connectivity index (χ3v) is 18.8. The number of aliphatic hydroxyl groups is 11. The number of nitrogens with one attached hydrogen (secondary N) is 1. The molecule has 0 aromatic carbocycles. The van der Waals surface area contributed by atoms with E-state index < -0.39 is 124 Å². The zero-order valence-corrected chi connectivity index (χ0v) is 59.3. The van der Waals surface area contributed by atoms with Crippen molar-refractivity contribution in [1.29, 1.82) is 0 Å². The molecule has 0 saturated carbocycles. The lowest BCUT2D eigenvalue weighted by molar-refractivity contribution is -0.379. The number of carbonyl (C=O) groups excluding carboxylic acids is 1. The molecular weight excluding hydrogens is 1230 g/mol. The molecule has 17 unspecified atom stereocenters. The molecule has 12 N–H and O–H groups in total. The highest BCUT2D eigenvalue weighted by molar-refractivity contribution is 5.76. The molecule has 1 amide bonds. The van der Waals surface area contributed by atoms with Gasteiger partial charge in [0.1, 0.15) is 73.2 Å². The minimum atomic E-state index is -1.98. The van der Waals surface area contributed by atoms with Crippen molar-refractivity contribution >= 4 is 5.91 Å². The predicted octanol–water partition coefficient (Wildman–Crippen LogP) is 11.7. The molecule has 3 aliphatic heterocycles. The van der Waals surface area contributed by atoms with Crippen molar-refractivity contribution < 1.29 is 89.4 Å². The lowest BCUT2D eigenvalue weighted by Crippen LogP contribution is -2.66. The number of unbranched alkanes of at least 4 members (excludes halogenated alkanes) is 31. The Kier molecular flexibility index (Phi) is 52.7. The fourth-order valence-electron chi connectivity index (χ4n) is 12.7. The van der Waals surface area contributed by atoms with Gasteiger partial charge in [-0.3, -0.25) is 4.79 Å². The third-order valence-electron chi connectivity index (χ3n) is 18.8. The summed E-state index contributed by atoms with van der Waals surface area (Å²) in [6, 6.07) is -0.908. The molecule has 0 bridgehead atoms. The van der Waals surface area contributed by atoms with E-state index in [0.717, 1.165) is 89.9 Å². The van der Waals surface area contributed by atoms with Crippen molar-refractivity contribution in [2.45, 2.75) is 381 Å². The van der Waals surface area contributed by atoms with Gasteiger partial charge in [0.2, 0.25) is 5.91 Å². The molecule has 17 atom stereocenters. The van der Waals surface area contributed by atoms with Crippen LogP contribution in [0.15, 0.2) is 72.9 Å². The second kappa shape index (κ2) is 57.8. The van der Waals surface area contributed by atoms with Crippen molar-refractivity contribution in [2.24, 2.45) is 0 Å². The molecule has 3 fully saturated rings. The number of amides is 1. The van der Waals surface area contributed by atoms with E-state index in [1.54, 1.807) is 0 Å². The van der Waals surface area contributed by atoms with Gasteiger partial charge in [0.15, 0.2) is 18.9 Å². The summed E-state index contributed by atoms with van der Waals surface area (Å²) in [5.74, 6) is -0.267. The van der Waals surface area contributed by atoms with Gasteiger partial charge < -0.3 is 89.9 Å². The molecule has 19 heteroatoms. The quantitative estimate of drug-likeness (QED) is 0.0199. The van der Waals surface area contributed by atoms with Gasteiger partial charge in [0.25, 0.3) is 0 Å². The van der Waals surface area contributed by atoms with Gasteiger partial charge in [0.05, 0.1) is 38.6 Å². The van der Waals surface area contributed by atoms with Gasteiger partial charge in [0, 0.05) is 6.42 Å². The Labute approximate surface area is 578 Å². The van der Waals surface area contributed by atoms with Crippen molar-refractivity contribution in [3.63, 3.8) is 0 Å². The van der Waals surface area contributed by atoms with Crippen LogP contribution in [0, 0.1) is 0 Å². The topological polar surface area (TPSA) is 307 Å². The molecule has 3 saturated heterocycles. The molecule has 0 radical (unpaired) electrons. The SMILES string of the molecule is CC/C=C\C/C=C\C/C=C\C/C=C\C/C=C\C/C=C\CCCCCCC(=O)NC(COC1OC(CO)C(OC2OC(CO)C(OC3OC(CO)C(O)C(O)C3O)C(O)C2O)C(O)C1O)C(O)CCCCCCCCCCCCCCCCCCCCCCCCCCCCCC. The lowest BCUT2D eigenvalue weighted by Gasteiger charge is -2.48. The van der Waals surface area contributed by atoms with Crippen LogP contribution in [0.2, 0.25) is 0 Å². The maximum atomic E-state index is 13.5. The molecular formula is C77H137NO18. The molecule has 19 nitrogen and oxygen atoms in total. The molecule has 0 spiro atoms. The fraction of sp³-hybridized carbons (Fsp3) is 0.831. The number of allylic oxidation sites excluding steroid dienone is 12. The van der Waals surface area contributed by atoms with Crippen molar-refractivity contribution in [3.8, 4) is 0 Å². The van der Waals surface area contributed by atoms with E-state index in [1.807, 2.05) is 0 Å². The number of aliphatic hydroxyl groups excluding tert-OH is 11. The van der Waals surface area contributed by atoms with Gasteiger partial charge in [-0.15, -0.1) is 0 Å². The maximum absolute atomic E-state index is 13.5. The summed E-state index contributed by atoms with van der Waals surface area (Å²) in [5.41, 5.74) is 0. The zero-order chi connectivity index (χ0) is 69.6. The zero-order valence-electron chi connectivity index (χ0n) is 59.3. The van der Waals surface area contributed by atoms with E-state index in [1.165, 1.54) is 154 Å². The molecule has 558 valence electrons. The van der Waals surface area contributed by atoms with E-state index in [0.29, 0.717) is 12.8 Å². The van der Waals surface area contributed by atoms with Crippen LogP contribution in [0.1, 0.15) is 277 Å². The van der Waals surface area contributed by atoms with Crippen LogP contribution >= 0.6 is 0 Å². The number of carbonyl (C=O) groups is 1. The summed E-state index contributed by atoms with van der Waals surface area (Å²) in [4.78, 5) is 13.5. The number of rotatable bonds is 59. The van der Waals surface area contributed by atoms with Crippen molar-refractivity contribution in [3.05, 3.63) is 72.9 Å². The molecule has 0 aromatic heterocycles. The average Bonchev–Trinajstić information content (AvgIpc) is 0.788. The lowest BCUT2D eigenvalue weighted by atomic mass is 9.96. The third kappa shape index (κ3) is 38.3. The first-order valence-electron chi connectivity index (χ1n) is 38.2. The first-order chi connectivity index (χ1) is 46.8. The summed E-state index contributed by atoms with van der Waals surface area (Å²) in [5, 5.41) is 121. The number of hydrogen-bond acceptors (Lipinski definition) is 18. The van der Waals surface area contributed by atoms with Crippen LogP contribution in [-0.4, -0.2) is 193 Å². The molecule has 3 heterocycles. The Hall–Kier alpha value is -2.77. The molecule has 96 heavy (non-hydrogen) atoms. The summed E-state index contributed by atoms with van der Waals surface area (Å²) >= 11 is 0. The number of hydrogen-bond donors (Lipinski definition) is 12. The summed E-state index contributed by atoms with van der Waals surface area (Å²) < 4.78 is 34.5. The van der Waals surface area contributed by atoms with E-state index in [-0.39, 0.29) is 18.9 Å². The monoisotopic (exact) mass is 1360 g/mol. The van der Waals surface area contributed by atoms with E-state index in [4.69, 9.17) is 28.4 Å². The van der Waals surface area contributed by atoms with Gasteiger partial charge >= 0.3 is 0 Å². The van der Waals surface area contributed by atoms with Crippen LogP contribution in [0.25, 0.3) is 0 Å². The van der Waals surface area contributed by atoms with Crippen LogP contribution in [0.5, 0.6) is 0 Å². The van der Waals surface area contributed by atoms with E-state index in [9.17, 15) is 61.0 Å². The largest absolute Gasteiger partial charge is 0.394 e. The Morgan fingerprint density at radius 3 is 1.12 bits per heavy atom. The van der Waals surface area contributed by atoms with Gasteiger partial charge in [-0.25, -0.2) is 0 Å². The van der Waals surface area contributed by atoms with Crippen molar-refractivity contribution in [2.75, 3.05) is 26.4 Å². The predicted molar refractivity (Wildman–Crippen MR) is 378 cm³/mol. The first kappa shape index (κ1) is 87.4. The maximum Gasteiger partial charge on any atom is 0.220 e. The summed E-state index contributed by atoms with van der Waals surface area (Å²) in [7, 11) is 0. The van der Waals surface area contributed by atoms with Crippen LogP contribution in [-0.2, 0) is 33.2 Å². The molecule has 3 rings (SSSR count). The fourth-order valence-corrected chi connectivity index (χ4v) is 12.7. The Morgan fingerprint density at radius 1 is 0.385 bits per heavy atom. The second-order valence-corrected chi connectivity index (χ2v) is 27.1. The highest BCUT2D eigenvalue weighted by Crippen LogP contribution is 2.33. The van der Waals surface area contributed by atoms with Gasteiger partial charge in [-0.2, -0.15) is 0 Å². The minimum Gasteiger partial charge on any atom is -0.394 e. The Bertz CT molecular complexity index is 2020.